The van der Waals surface area contributed by atoms with Crippen LogP contribution in [0.25, 0.3) is 0 Å². The van der Waals surface area contributed by atoms with Gasteiger partial charge in [-0.05, 0) is 32.4 Å². The van der Waals surface area contributed by atoms with E-state index < -0.39 is 0 Å². The number of carbonyl (C=O) groups excluding carboxylic acids is 1. The zero-order valence-electron chi connectivity index (χ0n) is 9.86. The van der Waals surface area contributed by atoms with Gasteiger partial charge in [-0.3, -0.25) is 9.69 Å². The Balaban J connectivity index is 2.12. The number of ketones is 1. The van der Waals surface area contributed by atoms with Crippen LogP contribution in [0.1, 0.15) is 36.5 Å². The lowest BCUT2D eigenvalue weighted by Crippen LogP contribution is -2.38. The maximum Gasteiger partial charge on any atom is 0.179 e. The van der Waals surface area contributed by atoms with E-state index in [1.54, 1.807) is 0 Å². The lowest BCUT2D eigenvalue weighted by molar-refractivity contribution is 0.0844. The van der Waals surface area contributed by atoms with Gasteiger partial charge in [0.05, 0.1) is 6.04 Å². The minimum Gasteiger partial charge on any atom is -0.293 e. The van der Waals surface area contributed by atoms with Gasteiger partial charge in [0, 0.05) is 5.56 Å². The first kappa shape index (κ1) is 11.3. The minimum atomic E-state index is 0.0879. The summed E-state index contributed by atoms with van der Waals surface area (Å²) < 4.78 is 0. The molecule has 1 aromatic carbocycles. The van der Waals surface area contributed by atoms with E-state index in [4.69, 9.17) is 0 Å². The van der Waals surface area contributed by atoms with E-state index in [0.29, 0.717) is 0 Å². The molecule has 0 amide bonds. The number of benzene rings is 1. The van der Waals surface area contributed by atoms with Crippen LogP contribution >= 0.6 is 0 Å². The fourth-order valence-corrected chi connectivity index (χ4v) is 2.46. The molecule has 1 heterocycles. The summed E-state index contributed by atoms with van der Waals surface area (Å²) >= 11 is 0. The molecule has 2 heteroatoms. The van der Waals surface area contributed by atoms with Gasteiger partial charge in [-0.15, -0.1) is 0 Å². The Morgan fingerprint density at radius 1 is 1.25 bits per heavy atom. The standard InChI is InChI=1S/C14H19NO/c1-2-13(15-10-6-7-11-15)14(16)12-8-4-3-5-9-12/h3-5,8-9,13H,2,6-7,10-11H2,1H3/t13-/m1/s1. The van der Waals surface area contributed by atoms with Crippen LogP contribution in [0.3, 0.4) is 0 Å². The zero-order chi connectivity index (χ0) is 11.4. The van der Waals surface area contributed by atoms with E-state index in [1.807, 2.05) is 30.3 Å². The van der Waals surface area contributed by atoms with E-state index in [2.05, 4.69) is 11.8 Å². The van der Waals surface area contributed by atoms with Crippen LogP contribution in [-0.4, -0.2) is 29.8 Å². The van der Waals surface area contributed by atoms with Gasteiger partial charge < -0.3 is 0 Å². The third-order valence-corrected chi connectivity index (χ3v) is 3.33. The summed E-state index contributed by atoms with van der Waals surface area (Å²) in [6.07, 6.45) is 3.38. The number of likely N-dealkylation sites (tertiary alicyclic amines) is 1. The molecule has 0 bridgehead atoms. The molecule has 1 aliphatic heterocycles. The van der Waals surface area contributed by atoms with Crippen molar-refractivity contribution in [2.24, 2.45) is 0 Å². The first-order valence-corrected chi connectivity index (χ1v) is 6.16. The van der Waals surface area contributed by atoms with E-state index in [0.717, 1.165) is 25.1 Å². The lowest BCUT2D eigenvalue weighted by atomic mass is 10.0. The molecular formula is C14H19NO. The molecule has 86 valence electrons. The highest BCUT2D eigenvalue weighted by Crippen LogP contribution is 2.17. The number of rotatable bonds is 4. The van der Waals surface area contributed by atoms with Crippen LogP contribution in [0, 0.1) is 0 Å². The van der Waals surface area contributed by atoms with E-state index in [9.17, 15) is 4.79 Å². The minimum absolute atomic E-state index is 0.0879. The molecule has 2 rings (SSSR count). The Morgan fingerprint density at radius 2 is 1.88 bits per heavy atom. The highest BCUT2D eigenvalue weighted by atomic mass is 16.1. The van der Waals surface area contributed by atoms with Gasteiger partial charge >= 0.3 is 0 Å². The van der Waals surface area contributed by atoms with Crippen LogP contribution in [-0.2, 0) is 0 Å². The van der Waals surface area contributed by atoms with Gasteiger partial charge in [-0.2, -0.15) is 0 Å². The number of hydrogen-bond donors (Lipinski definition) is 0. The predicted molar refractivity (Wildman–Crippen MR) is 65.7 cm³/mol. The molecule has 0 spiro atoms. The topological polar surface area (TPSA) is 20.3 Å². The summed E-state index contributed by atoms with van der Waals surface area (Å²) in [6.45, 7) is 4.26. The predicted octanol–water partition coefficient (Wildman–Crippen LogP) is 2.74. The number of Topliss-reactive ketones (excluding diaryl/α,β-unsaturated/α-hetero) is 1. The molecule has 1 fully saturated rings. The quantitative estimate of drug-likeness (QED) is 0.723. The molecule has 0 radical (unpaired) electrons. The summed E-state index contributed by atoms with van der Waals surface area (Å²) in [5, 5.41) is 0. The van der Waals surface area contributed by atoms with E-state index in [1.165, 1.54) is 12.8 Å². The Hall–Kier alpha value is -1.15. The third kappa shape index (κ3) is 2.33. The Kier molecular flexibility index (Phi) is 3.73. The molecule has 0 saturated carbocycles. The van der Waals surface area contributed by atoms with Crippen molar-refractivity contribution < 1.29 is 4.79 Å². The molecule has 2 nitrogen and oxygen atoms in total. The second-order valence-electron chi connectivity index (χ2n) is 4.40. The molecule has 0 aliphatic carbocycles. The summed E-state index contributed by atoms with van der Waals surface area (Å²) in [4.78, 5) is 14.6. The maximum absolute atomic E-state index is 12.3. The molecule has 0 unspecified atom stereocenters. The summed E-state index contributed by atoms with van der Waals surface area (Å²) in [5.74, 6) is 0.282. The van der Waals surface area contributed by atoms with E-state index >= 15 is 0 Å². The normalized spacial score (nSPS) is 18.6. The highest BCUT2D eigenvalue weighted by Gasteiger charge is 2.26. The molecule has 1 aliphatic rings. The smallest absolute Gasteiger partial charge is 0.179 e. The Morgan fingerprint density at radius 3 is 2.44 bits per heavy atom. The van der Waals surface area contributed by atoms with Crippen LogP contribution in [0.2, 0.25) is 0 Å². The fourth-order valence-electron chi connectivity index (χ4n) is 2.46. The van der Waals surface area contributed by atoms with E-state index in [-0.39, 0.29) is 11.8 Å². The SMILES string of the molecule is CC[C@H](C(=O)c1ccccc1)N1CCCC1. The molecule has 16 heavy (non-hydrogen) atoms. The van der Waals surface area contributed by atoms with Crippen LogP contribution in [0.15, 0.2) is 30.3 Å². The van der Waals surface area contributed by atoms with Gasteiger partial charge in [0.1, 0.15) is 0 Å². The maximum atomic E-state index is 12.3. The van der Waals surface area contributed by atoms with Crippen molar-refractivity contribution >= 4 is 5.78 Å². The average molecular weight is 217 g/mol. The molecule has 0 N–H and O–H groups in total. The van der Waals surface area contributed by atoms with Gasteiger partial charge in [-0.1, -0.05) is 37.3 Å². The van der Waals surface area contributed by atoms with Crippen molar-refractivity contribution in [1.82, 2.24) is 4.90 Å². The van der Waals surface area contributed by atoms with Crippen molar-refractivity contribution in [2.45, 2.75) is 32.2 Å². The van der Waals surface area contributed by atoms with Gasteiger partial charge in [0.25, 0.3) is 0 Å². The van der Waals surface area contributed by atoms with Crippen molar-refractivity contribution in [1.29, 1.82) is 0 Å². The molecule has 1 saturated heterocycles. The van der Waals surface area contributed by atoms with Crippen LogP contribution in [0.5, 0.6) is 0 Å². The number of carbonyl (C=O) groups is 1. The Bertz CT molecular complexity index is 341. The van der Waals surface area contributed by atoms with Crippen LogP contribution < -0.4 is 0 Å². The average Bonchev–Trinajstić information content (AvgIpc) is 2.85. The third-order valence-electron chi connectivity index (χ3n) is 3.33. The summed E-state index contributed by atoms with van der Waals surface area (Å²) in [7, 11) is 0. The lowest BCUT2D eigenvalue weighted by Gasteiger charge is -2.25. The molecular weight excluding hydrogens is 198 g/mol. The second-order valence-corrected chi connectivity index (χ2v) is 4.40. The van der Waals surface area contributed by atoms with Crippen molar-refractivity contribution in [3.8, 4) is 0 Å². The molecule has 1 aromatic rings. The second kappa shape index (κ2) is 5.26. The first-order valence-electron chi connectivity index (χ1n) is 6.16. The molecule has 1 atom stereocenters. The monoisotopic (exact) mass is 217 g/mol. The highest BCUT2D eigenvalue weighted by molar-refractivity contribution is 6.00. The zero-order valence-corrected chi connectivity index (χ0v) is 9.86. The van der Waals surface area contributed by atoms with Gasteiger partial charge in [0.15, 0.2) is 5.78 Å². The first-order chi connectivity index (χ1) is 7.83. The Labute approximate surface area is 97.3 Å². The van der Waals surface area contributed by atoms with Crippen molar-refractivity contribution in [3.63, 3.8) is 0 Å². The number of hydrogen-bond acceptors (Lipinski definition) is 2. The van der Waals surface area contributed by atoms with Crippen LogP contribution in [0.4, 0.5) is 0 Å². The fraction of sp³-hybridized carbons (Fsp3) is 0.500. The van der Waals surface area contributed by atoms with Gasteiger partial charge in [0.2, 0.25) is 0 Å². The molecule has 0 aromatic heterocycles. The van der Waals surface area contributed by atoms with Crippen molar-refractivity contribution in [2.75, 3.05) is 13.1 Å². The largest absolute Gasteiger partial charge is 0.293 e. The van der Waals surface area contributed by atoms with Crippen molar-refractivity contribution in [3.05, 3.63) is 35.9 Å². The number of nitrogens with zero attached hydrogens (tertiary/aromatic N) is 1. The van der Waals surface area contributed by atoms with Gasteiger partial charge in [-0.25, -0.2) is 0 Å². The summed E-state index contributed by atoms with van der Waals surface area (Å²) in [6, 6.07) is 9.74. The summed E-state index contributed by atoms with van der Waals surface area (Å²) in [5.41, 5.74) is 0.848.